The van der Waals surface area contributed by atoms with Crippen molar-refractivity contribution in [1.29, 1.82) is 0 Å². The number of carbonyl (C=O) groups is 6. The lowest BCUT2D eigenvalue weighted by Crippen LogP contribution is -2.54. The van der Waals surface area contributed by atoms with Gasteiger partial charge in [-0.05, 0) is 24.6 Å². The first kappa shape index (κ1) is 47.3. The van der Waals surface area contributed by atoms with Gasteiger partial charge in [0, 0.05) is 37.6 Å². The molecule has 2 unspecified atom stereocenters. The quantitative estimate of drug-likeness (QED) is 0.0493. The largest absolute Gasteiger partial charge is 0.379 e. The Labute approximate surface area is 386 Å². The van der Waals surface area contributed by atoms with Crippen LogP contribution >= 0.6 is 23.2 Å². The third-order valence-corrected chi connectivity index (χ3v) is 10.9. The summed E-state index contributed by atoms with van der Waals surface area (Å²) in [5.74, 6) is -3.10. The van der Waals surface area contributed by atoms with Crippen molar-refractivity contribution in [3.05, 3.63) is 82.1 Å². The van der Waals surface area contributed by atoms with E-state index in [0.717, 1.165) is 4.90 Å². The van der Waals surface area contributed by atoms with Crippen LogP contribution < -0.4 is 26.6 Å². The molecule has 2 aliphatic heterocycles. The molecule has 348 valence electrons. The number of fused-ring (bicyclic) bond motifs is 2. The van der Waals surface area contributed by atoms with Gasteiger partial charge in [-0.3, -0.25) is 34.2 Å². The van der Waals surface area contributed by atoms with Crippen LogP contribution in [0.3, 0.4) is 0 Å². The number of halogens is 2. The lowest BCUT2D eigenvalue weighted by Gasteiger charge is -2.29. The lowest BCUT2D eigenvalue weighted by atomic mass is 9.95. The van der Waals surface area contributed by atoms with Crippen molar-refractivity contribution in [2.24, 2.45) is 0 Å². The average molecular weight is 951 g/mol. The molecule has 7 amide bonds. The summed E-state index contributed by atoms with van der Waals surface area (Å²) in [4.78, 5) is 88.3. The van der Waals surface area contributed by atoms with E-state index in [2.05, 4.69) is 51.8 Å². The first-order valence-corrected chi connectivity index (χ1v) is 21.5. The number of hydrogen-bond donors (Lipinski definition) is 5. The highest BCUT2D eigenvalue weighted by Gasteiger charge is 2.46. The molecule has 4 aromatic heterocycles. The first-order chi connectivity index (χ1) is 31.9. The SMILES string of the molecule is CNC(=O)CCOCCOCCOCCOCC(Nc1cccc2c1C(=O)N(C1CCC(=O)NC1=O)C2=O)[C@H](C)c1c(NC(=O)Nc2cnc(-n3nccn3)c(Cl)c2)cnc2cc(Cl)nn12. The molecular formula is C41H45Cl2N13O10. The third kappa shape index (κ3) is 11.2. The van der Waals surface area contributed by atoms with Gasteiger partial charge in [0.25, 0.3) is 11.8 Å². The summed E-state index contributed by atoms with van der Waals surface area (Å²) in [5.41, 5.74) is 1.63. The zero-order valence-corrected chi connectivity index (χ0v) is 37.1. The van der Waals surface area contributed by atoms with E-state index in [0.29, 0.717) is 31.2 Å². The van der Waals surface area contributed by atoms with Crippen molar-refractivity contribution in [2.75, 3.05) is 75.9 Å². The van der Waals surface area contributed by atoms with E-state index in [1.165, 1.54) is 46.2 Å². The van der Waals surface area contributed by atoms with Gasteiger partial charge in [0.2, 0.25) is 17.7 Å². The summed E-state index contributed by atoms with van der Waals surface area (Å²) in [5, 5.41) is 26.5. The molecule has 2 aliphatic rings. The molecule has 5 N–H and O–H groups in total. The number of ether oxygens (including phenoxy) is 4. The van der Waals surface area contributed by atoms with E-state index in [1.807, 2.05) is 6.92 Å². The topological polar surface area (TPSA) is 277 Å². The summed E-state index contributed by atoms with van der Waals surface area (Å²) >= 11 is 12.8. The smallest absolute Gasteiger partial charge is 0.323 e. The zero-order chi connectivity index (χ0) is 46.7. The molecule has 25 heteroatoms. The molecule has 6 heterocycles. The number of imide groups is 2. The van der Waals surface area contributed by atoms with Crippen LogP contribution in [0.4, 0.5) is 21.9 Å². The van der Waals surface area contributed by atoms with Crippen LogP contribution in [-0.4, -0.2) is 147 Å². The van der Waals surface area contributed by atoms with Gasteiger partial charge in [-0.1, -0.05) is 36.2 Å². The maximum Gasteiger partial charge on any atom is 0.323 e. The minimum Gasteiger partial charge on any atom is -0.379 e. The van der Waals surface area contributed by atoms with E-state index in [4.69, 9.17) is 42.1 Å². The minimum atomic E-state index is -1.17. The molecule has 23 nitrogen and oxygen atoms in total. The fraction of sp³-hybridized carbons (Fsp3) is 0.390. The van der Waals surface area contributed by atoms with Gasteiger partial charge >= 0.3 is 6.03 Å². The van der Waals surface area contributed by atoms with Gasteiger partial charge in [-0.15, -0.1) is 4.80 Å². The molecule has 0 radical (unpaired) electrons. The molecule has 66 heavy (non-hydrogen) atoms. The first-order valence-electron chi connectivity index (χ1n) is 20.7. The van der Waals surface area contributed by atoms with Gasteiger partial charge in [-0.2, -0.15) is 15.3 Å². The molecule has 1 fully saturated rings. The highest BCUT2D eigenvalue weighted by molar-refractivity contribution is 6.32. The number of aromatic nitrogens is 7. The Bertz CT molecular complexity index is 2600. The maximum absolute atomic E-state index is 14.1. The van der Waals surface area contributed by atoms with Gasteiger partial charge in [0.15, 0.2) is 16.6 Å². The second-order valence-corrected chi connectivity index (χ2v) is 15.6. The van der Waals surface area contributed by atoms with Crippen LogP contribution in [0.5, 0.6) is 0 Å². The predicted molar refractivity (Wildman–Crippen MR) is 236 cm³/mol. The van der Waals surface area contributed by atoms with Crippen LogP contribution in [0.25, 0.3) is 11.5 Å². The van der Waals surface area contributed by atoms with Gasteiger partial charge in [0.1, 0.15) is 6.04 Å². The van der Waals surface area contributed by atoms with Crippen molar-refractivity contribution in [2.45, 2.75) is 44.2 Å². The fourth-order valence-electron chi connectivity index (χ4n) is 7.21. The highest BCUT2D eigenvalue weighted by Crippen LogP contribution is 2.36. The molecule has 1 aromatic carbocycles. The number of carbonyl (C=O) groups excluding carboxylic acids is 6. The van der Waals surface area contributed by atoms with Crippen molar-refractivity contribution in [1.82, 2.24) is 50.1 Å². The molecular weight excluding hydrogens is 905 g/mol. The number of urea groups is 1. The summed E-state index contributed by atoms with van der Waals surface area (Å²) in [7, 11) is 1.56. The molecule has 7 rings (SSSR count). The Morgan fingerprint density at radius 2 is 1.59 bits per heavy atom. The van der Waals surface area contributed by atoms with Crippen molar-refractivity contribution >= 4 is 81.5 Å². The van der Waals surface area contributed by atoms with Crippen LogP contribution in [0.15, 0.2) is 55.1 Å². The number of nitrogens with one attached hydrogen (secondary N) is 5. The van der Waals surface area contributed by atoms with Crippen LogP contribution in [-0.2, 0) is 33.3 Å². The maximum atomic E-state index is 14.1. The number of benzene rings is 1. The number of pyridine rings is 1. The standard InChI is InChI=1S/C41H45Cl2N13O10/c1-23(36-28(21-45-32-19-31(43)53-55(32)36)51-41(62)49-24-18-26(42)37(46-20-24)56-47-9-10-48-56)29(22-66-17-16-65-15-14-64-13-12-63-11-8-33(57)44-2)50-27-5-3-4-25-35(27)40(61)54(39(25)60)30-6-7-34(58)52-38(30)59/h3-5,9-10,18-21,23,29-30,50H,6-8,11-17,22H2,1-2H3,(H,44,57)(H2,49,51,62)(H,52,58,59)/t23-,29?,30?/m0/s1. The Morgan fingerprint density at radius 3 is 2.29 bits per heavy atom. The lowest BCUT2D eigenvalue weighted by molar-refractivity contribution is -0.136. The fourth-order valence-corrected chi connectivity index (χ4v) is 7.63. The average Bonchev–Trinajstić information content (AvgIpc) is 4.03. The predicted octanol–water partition coefficient (Wildman–Crippen LogP) is 2.84. The van der Waals surface area contributed by atoms with E-state index < -0.39 is 47.7 Å². The minimum absolute atomic E-state index is 0.0108. The molecule has 3 atom stereocenters. The normalized spacial score (nSPS) is 15.7. The number of anilines is 3. The molecule has 1 saturated heterocycles. The van der Waals surface area contributed by atoms with Crippen molar-refractivity contribution < 1.29 is 47.7 Å². The Kier molecular flexibility index (Phi) is 15.8. The van der Waals surface area contributed by atoms with Gasteiger partial charge in [0.05, 0.1) is 117 Å². The summed E-state index contributed by atoms with van der Waals surface area (Å²) in [6.07, 6.45) is 5.99. The van der Waals surface area contributed by atoms with Crippen molar-refractivity contribution in [3.8, 4) is 5.82 Å². The Hall–Kier alpha value is -6.63. The molecule has 0 spiro atoms. The Morgan fingerprint density at radius 1 is 0.879 bits per heavy atom. The Balaban J connectivity index is 1.08. The molecule has 0 saturated carbocycles. The van der Waals surface area contributed by atoms with Gasteiger partial charge in [-0.25, -0.2) is 19.3 Å². The van der Waals surface area contributed by atoms with Crippen molar-refractivity contribution in [3.63, 3.8) is 0 Å². The van der Waals surface area contributed by atoms with E-state index in [1.54, 1.807) is 25.2 Å². The third-order valence-electron chi connectivity index (χ3n) is 10.4. The monoisotopic (exact) mass is 949 g/mol. The van der Waals surface area contributed by atoms with Crippen LogP contribution in [0.1, 0.15) is 58.5 Å². The highest BCUT2D eigenvalue weighted by atomic mass is 35.5. The number of amides is 7. The number of rotatable bonds is 22. The molecule has 5 aromatic rings. The van der Waals surface area contributed by atoms with Crippen LogP contribution in [0.2, 0.25) is 10.2 Å². The second-order valence-electron chi connectivity index (χ2n) is 14.8. The van der Waals surface area contributed by atoms with Gasteiger partial charge < -0.3 is 40.2 Å². The van der Waals surface area contributed by atoms with E-state index >= 15 is 0 Å². The summed E-state index contributed by atoms with van der Waals surface area (Å²) < 4.78 is 24.3. The van der Waals surface area contributed by atoms with E-state index in [9.17, 15) is 28.8 Å². The number of piperidine rings is 1. The molecule has 0 bridgehead atoms. The number of hydrogen-bond acceptors (Lipinski definition) is 16. The summed E-state index contributed by atoms with van der Waals surface area (Å²) in [6.45, 7) is 3.67. The zero-order valence-electron chi connectivity index (χ0n) is 35.6. The summed E-state index contributed by atoms with van der Waals surface area (Å²) in [6, 6.07) is 5.17. The number of nitrogens with zero attached hydrogens (tertiary/aromatic N) is 8. The van der Waals surface area contributed by atoms with E-state index in [-0.39, 0.29) is 102 Å². The molecule has 0 aliphatic carbocycles. The second kappa shape index (κ2) is 22.0. The van der Waals surface area contributed by atoms with Crippen LogP contribution in [0, 0.1) is 0 Å².